The van der Waals surface area contributed by atoms with Gasteiger partial charge < -0.3 is 0 Å². The molecule has 2 heteroatoms. The van der Waals surface area contributed by atoms with Crippen molar-refractivity contribution >= 4 is 0 Å². The number of nitroso groups, excluding NO2 is 1. The van der Waals surface area contributed by atoms with Crippen molar-refractivity contribution in [1.29, 1.82) is 0 Å². The van der Waals surface area contributed by atoms with Crippen molar-refractivity contribution in [2.75, 3.05) is 6.54 Å². The van der Waals surface area contributed by atoms with Crippen LogP contribution in [-0.4, -0.2) is 6.54 Å². The molecule has 0 unspecified atom stereocenters. The fourth-order valence-electron chi connectivity index (χ4n) is 1.75. The first kappa shape index (κ1) is 8.69. The molecule has 0 N–H and O–H groups in total. The summed E-state index contributed by atoms with van der Waals surface area (Å²) in [7, 11) is 0. The van der Waals surface area contributed by atoms with Crippen molar-refractivity contribution in [3.63, 3.8) is 0 Å². The quantitative estimate of drug-likeness (QED) is 0.564. The summed E-state index contributed by atoms with van der Waals surface area (Å²) in [6, 6.07) is 0. The van der Waals surface area contributed by atoms with Crippen LogP contribution in [0.3, 0.4) is 0 Å². The Morgan fingerprint density at radius 1 is 1.36 bits per heavy atom. The molecule has 0 aromatic carbocycles. The van der Waals surface area contributed by atoms with Gasteiger partial charge in [0.05, 0.1) is 6.54 Å². The van der Waals surface area contributed by atoms with E-state index < -0.39 is 0 Å². The molecule has 0 aliphatic heterocycles. The molecule has 1 aliphatic rings. The second-order valence-corrected chi connectivity index (χ2v) is 4.42. The number of hydrogen-bond donors (Lipinski definition) is 0. The summed E-state index contributed by atoms with van der Waals surface area (Å²) in [5, 5.41) is 2.96. The molecule has 1 fully saturated rings. The highest BCUT2D eigenvalue weighted by Gasteiger charge is 2.26. The molecule has 2 nitrogen and oxygen atoms in total. The van der Waals surface area contributed by atoms with Gasteiger partial charge in [0.15, 0.2) is 0 Å². The summed E-state index contributed by atoms with van der Waals surface area (Å²) < 4.78 is 0. The van der Waals surface area contributed by atoms with Crippen molar-refractivity contribution < 1.29 is 0 Å². The van der Waals surface area contributed by atoms with Crippen LogP contribution in [0.1, 0.15) is 39.5 Å². The van der Waals surface area contributed by atoms with Gasteiger partial charge in [-0.2, -0.15) is 4.91 Å². The lowest BCUT2D eigenvalue weighted by Gasteiger charge is -2.33. The van der Waals surface area contributed by atoms with E-state index in [0.717, 1.165) is 0 Å². The molecule has 0 amide bonds. The normalized spacial score (nSPS) is 24.9. The first-order valence-electron chi connectivity index (χ1n) is 4.43. The fraction of sp³-hybridized carbons (Fsp3) is 1.00. The lowest BCUT2D eigenvalue weighted by atomic mass is 9.73. The van der Waals surface area contributed by atoms with Gasteiger partial charge in [-0.05, 0) is 37.0 Å². The fourth-order valence-corrected chi connectivity index (χ4v) is 1.75. The van der Waals surface area contributed by atoms with Gasteiger partial charge >= 0.3 is 0 Å². The van der Waals surface area contributed by atoms with Crippen LogP contribution in [0.4, 0.5) is 0 Å². The molecule has 0 heterocycles. The molecule has 1 rings (SSSR count). The van der Waals surface area contributed by atoms with Gasteiger partial charge in [0.1, 0.15) is 0 Å². The third-order valence-electron chi connectivity index (χ3n) is 2.79. The summed E-state index contributed by atoms with van der Waals surface area (Å²) in [4.78, 5) is 9.98. The molecule has 64 valence electrons. The number of hydrogen-bond acceptors (Lipinski definition) is 2. The summed E-state index contributed by atoms with van der Waals surface area (Å²) >= 11 is 0. The first-order chi connectivity index (χ1) is 5.14. The molecule has 0 spiro atoms. The zero-order valence-electron chi connectivity index (χ0n) is 7.47. The minimum Gasteiger partial charge on any atom is -0.151 e. The molecule has 0 aromatic heterocycles. The number of rotatable bonds is 2. The summed E-state index contributed by atoms with van der Waals surface area (Å²) in [5.74, 6) is 0.584. The Bertz CT molecular complexity index is 132. The van der Waals surface area contributed by atoms with E-state index in [2.05, 4.69) is 19.0 Å². The molecule has 11 heavy (non-hydrogen) atoms. The zero-order valence-corrected chi connectivity index (χ0v) is 7.47. The van der Waals surface area contributed by atoms with Gasteiger partial charge in [0.25, 0.3) is 0 Å². The minimum atomic E-state index is 0.513. The average Bonchev–Trinajstić information content (AvgIpc) is 1.94. The first-order valence-corrected chi connectivity index (χ1v) is 4.43. The second-order valence-electron chi connectivity index (χ2n) is 4.42. The SMILES string of the molecule is CC1(C)CCC(CN=O)CC1. The van der Waals surface area contributed by atoms with E-state index in [9.17, 15) is 4.91 Å². The van der Waals surface area contributed by atoms with Gasteiger partial charge in [0.2, 0.25) is 0 Å². The van der Waals surface area contributed by atoms with E-state index >= 15 is 0 Å². The van der Waals surface area contributed by atoms with Gasteiger partial charge in [-0.3, -0.25) is 0 Å². The van der Waals surface area contributed by atoms with Crippen molar-refractivity contribution in [3.05, 3.63) is 4.91 Å². The second kappa shape index (κ2) is 3.33. The summed E-state index contributed by atoms with van der Waals surface area (Å²) in [5.41, 5.74) is 0.513. The van der Waals surface area contributed by atoms with Crippen molar-refractivity contribution in [2.45, 2.75) is 39.5 Å². The van der Waals surface area contributed by atoms with Crippen molar-refractivity contribution in [2.24, 2.45) is 16.5 Å². The molecule has 0 radical (unpaired) electrons. The number of nitrogens with zero attached hydrogens (tertiary/aromatic N) is 1. The van der Waals surface area contributed by atoms with Crippen LogP contribution >= 0.6 is 0 Å². The van der Waals surface area contributed by atoms with Crippen LogP contribution in [0.15, 0.2) is 5.18 Å². The smallest absolute Gasteiger partial charge is 0.0839 e. The van der Waals surface area contributed by atoms with E-state index in [1.807, 2.05) is 0 Å². The van der Waals surface area contributed by atoms with Crippen LogP contribution in [0.25, 0.3) is 0 Å². The predicted octanol–water partition coefficient (Wildman–Crippen LogP) is 2.97. The highest BCUT2D eigenvalue weighted by molar-refractivity contribution is 4.79. The Hall–Kier alpha value is -0.400. The molecule has 0 aromatic rings. The summed E-state index contributed by atoms with van der Waals surface area (Å²) in [6.45, 7) is 5.14. The maximum absolute atomic E-state index is 9.98. The van der Waals surface area contributed by atoms with Crippen molar-refractivity contribution in [3.8, 4) is 0 Å². The molecular formula is C9H17NO. The van der Waals surface area contributed by atoms with Crippen LogP contribution < -0.4 is 0 Å². The van der Waals surface area contributed by atoms with E-state index in [-0.39, 0.29) is 0 Å². The third kappa shape index (κ3) is 2.60. The standard InChI is InChI=1S/C9H17NO/c1-9(2)5-3-8(4-6-9)7-10-11/h8H,3-7H2,1-2H3. The Morgan fingerprint density at radius 3 is 2.36 bits per heavy atom. The summed E-state index contributed by atoms with van der Waals surface area (Å²) in [6.07, 6.45) is 4.90. The van der Waals surface area contributed by atoms with Gasteiger partial charge in [-0.1, -0.05) is 19.0 Å². The maximum atomic E-state index is 9.98. The molecule has 0 atom stereocenters. The molecule has 1 saturated carbocycles. The zero-order chi connectivity index (χ0) is 8.32. The van der Waals surface area contributed by atoms with Gasteiger partial charge in [0, 0.05) is 0 Å². The third-order valence-corrected chi connectivity index (χ3v) is 2.79. The van der Waals surface area contributed by atoms with Gasteiger partial charge in [-0.25, -0.2) is 0 Å². The largest absolute Gasteiger partial charge is 0.151 e. The van der Waals surface area contributed by atoms with E-state index in [1.54, 1.807) is 0 Å². The lowest BCUT2D eigenvalue weighted by molar-refractivity contribution is 0.195. The molecule has 0 bridgehead atoms. The maximum Gasteiger partial charge on any atom is 0.0839 e. The minimum absolute atomic E-state index is 0.513. The van der Waals surface area contributed by atoms with Crippen LogP contribution in [0, 0.1) is 16.2 Å². The molecule has 1 aliphatic carbocycles. The highest BCUT2D eigenvalue weighted by atomic mass is 16.3. The molecular weight excluding hydrogens is 138 g/mol. The van der Waals surface area contributed by atoms with E-state index in [4.69, 9.17) is 0 Å². The Morgan fingerprint density at radius 2 is 1.91 bits per heavy atom. The van der Waals surface area contributed by atoms with Crippen molar-refractivity contribution in [1.82, 2.24) is 0 Å². The average molecular weight is 155 g/mol. The highest BCUT2D eigenvalue weighted by Crippen LogP contribution is 2.37. The van der Waals surface area contributed by atoms with Crippen LogP contribution in [0.5, 0.6) is 0 Å². The molecule has 0 saturated heterocycles. The monoisotopic (exact) mass is 155 g/mol. The van der Waals surface area contributed by atoms with E-state index in [0.29, 0.717) is 17.9 Å². The topological polar surface area (TPSA) is 29.4 Å². The Kier molecular flexibility index (Phi) is 2.63. The van der Waals surface area contributed by atoms with Gasteiger partial charge in [-0.15, -0.1) is 0 Å². The Labute approximate surface area is 68.3 Å². The Balaban J connectivity index is 2.30. The lowest BCUT2D eigenvalue weighted by Crippen LogP contribution is -2.22. The van der Waals surface area contributed by atoms with E-state index in [1.165, 1.54) is 25.7 Å². The predicted molar refractivity (Wildman–Crippen MR) is 46.4 cm³/mol. The van der Waals surface area contributed by atoms with Crippen LogP contribution in [-0.2, 0) is 0 Å². The van der Waals surface area contributed by atoms with Crippen LogP contribution in [0.2, 0.25) is 0 Å².